The van der Waals surface area contributed by atoms with Gasteiger partial charge in [0, 0.05) is 29.1 Å². The number of rotatable bonds is 10. The molecule has 6 heteroatoms. The second-order valence-electron chi connectivity index (χ2n) is 9.73. The molecule has 1 saturated carbocycles. The predicted molar refractivity (Wildman–Crippen MR) is 144 cm³/mol. The van der Waals surface area contributed by atoms with Gasteiger partial charge >= 0.3 is 5.97 Å². The number of amides is 1. The number of ether oxygens (including phenoxy) is 1. The highest BCUT2D eigenvalue weighted by Crippen LogP contribution is 2.41. The normalized spacial score (nSPS) is 14.5. The Morgan fingerprint density at radius 3 is 2.50 bits per heavy atom. The molecule has 0 aliphatic heterocycles. The number of hydrogen-bond donors (Lipinski definition) is 0. The van der Waals surface area contributed by atoms with Gasteiger partial charge in [-0.2, -0.15) is 5.26 Å². The van der Waals surface area contributed by atoms with Crippen LogP contribution in [0.2, 0.25) is 0 Å². The van der Waals surface area contributed by atoms with Crippen LogP contribution in [0.1, 0.15) is 69.9 Å². The van der Waals surface area contributed by atoms with E-state index >= 15 is 0 Å². The third-order valence-corrected chi connectivity index (χ3v) is 8.28. The minimum absolute atomic E-state index is 0.108. The van der Waals surface area contributed by atoms with Crippen molar-refractivity contribution in [3.05, 3.63) is 59.7 Å². The topological polar surface area (TPSA) is 70.4 Å². The minimum atomic E-state index is -0.590. The van der Waals surface area contributed by atoms with Crippen LogP contribution in [0.15, 0.2) is 48.5 Å². The van der Waals surface area contributed by atoms with Crippen LogP contribution < -0.4 is 0 Å². The maximum atomic E-state index is 13.3. The number of nitriles is 1. The molecular weight excluding hydrogens is 468 g/mol. The number of hydrogen-bond acceptors (Lipinski definition) is 5. The summed E-state index contributed by atoms with van der Waals surface area (Å²) in [5, 5.41) is 10.2. The number of thiophene rings is 1. The zero-order chi connectivity index (χ0) is 25.5. The molecule has 1 fully saturated rings. The summed E-state index contributed by atoms with van der Waals surface area (Å²) >= 11 is 1.72. The number of carbonyl (C=O) groups is 2. The van der Waals surface area contributed by atoms with E-state index in [2.05, 4.69) is 37.3 Å². The molecule has 1 amide bonds. The highest BCUT2D eigenvalue weighted by molar-refractivity contribution is 7.22. The first-order valence-corrected chi connectivity index (χ1v) is 13.8. The van der Waals surface area contributed by atoms with Crippen molar-refractivity contribution in [1.82, 2.24) is 4.90 Å². The second kappa shape index (κ2) is 11.7. The number of esters is 1. The van der Waals surface area contributed by atoms with Crippen LogP contribution in [-0.4, -0.2) is 29.9 Å². The molecule has 4 rings (SSSR count). The van der Waals surface area contributed by atoms with Crippen molar-refractivity contribution in [1.29, 1.82) is 5.26 Å². The Morgan fingerprint density at radius 2 is 1.83 bits per heavy atom. The summed E-state index contributed by atoms with van der Waals surface area (Å²) in [5.41, 5.74) is 2.21. The molecule has 188 valence electrons. The Kier molecular flexibility index (Phi) is 8.43. The SMILES string of the molecule is CCCCC(=O)N(Cc1ccc2sc(-c3ccc(C#N)cc3)cc2c1)CC1(C(=O)OCC)CCCC1. The van der Waals surface area contributed by atoms with Gasteiger partial charge in [0.25, 0.3) is 0 Å². The summed E-state index contributed by atoms with van der Waals surface area (Å²) in [4.78, 5) is 29.3. The maximum Gasteiger partial charge on any atom is 0.313 e. The third kappa shape index (κ3) is 5.79. The fourth-order valence-corrected chi connectivity index (χ4v) is 6.16. The van der Waals surface area contributed by atoms with Crippen molar-refractivity contribution in [3.8, 4) is 16.5 Å². The Hall–Kier alpha value is -3.17. The Labute approximate surface area is 217 Å². The number of carbonyl (C=O) groups excluding carboxylic acids is 2. The first-order chi connectivity index (χ1) is 17.5. The molecule has 0 atom stereocenters. The minimum Gasteiger partial charge on any atom is -0.466 e. The van der Waals surface area contributed by atoms with Gasteiger partial charge in [0.1, 0.15) is 0 Å². The average molecular weight is 503 g/mol. The van der Waals surface area contributed by atoms with Crippen LogP contribution in [0.5, 0.6) is 0 Å². The van der Waals surface area contributed by atoms with E-state index in [1.165, 1.54) is 4.70 Å². The summed E-state index contributed by atoms with van der Waals surface area (Å²) in [6, 6.07) is 18.3. The Balaban J connectivity index is 1.59. The van der Waals surface area contributed by atoms with Gasteiger partial charge in [0.15, 0.2) is 0 Å². The third-order valence-electron chi connectivity index (χ3n) is 7.11. The van der Waals surface area contributed by atoms with E-state index < -0.39 is 5.41 Å². The molecule has 0 saturated heterocycles. The lowest BCUT2D eigenvalue weighted by atomic mass is 9.85. The molecule has 1 heterocycles. The van der Waals surface area contributed by atoms with Crippen LogP contribution in [0.25, 0.3) is 20.5 Å². The zero-order valence-electron chi connectivity index (χ0n) is 21.2. The van der Waals surface area contributed by atoms with E-state index in [4.69, 9.17) is 10.00 Å². The average Bonchev–Trinajstić information content (AvgIpc) is 3.55. The van der Waals surface area contributed by atoms with Crippen molar-refractivity contribution < 1.29 is 14.3 Å². The summed E-state index contributed by atoms with van der Waals surface area (Å²) in [7, 11) is 0. The molecule has 0 bridgehead atoms. The van der Waals surface area contributed by atoms with Crippen LogP contribution in [0.4, 0.5) is 0 Å². The molecule has 2 aromatic carbocycles. The van der Waals surface area contributed by atoms with Crippen LogP contribution in [0, 0.1) is 16.7 Å². The van der Waals surface area contributed by atoms with Gasteiger partial charge in [-0.1, -0.05) is 44.4 Å². The quantitative estimate of drug-likeness (QED) is 0.278. The summed E-state index contributed by atoms with van der Waals surface area (Å²) in [6.07, 6.45) is 5.85. The van der Waals surface area contributed by atoms with E-state index in [0.29, 0.717) is 31.7 Å². The van der Waals surface area contributed by atoms with Crippen LogP contribution >= 0.6 is 11.3 Å². The fourth-order valence-electron chi connectivity index (χ4n) is 5.11. The standard InChI is InChI=1S/C30H34N2O3S/c1-3-5-8-28(33)32(21-30(15-6-7-16-30)29(34)35-4-2)20-23-11-14-26-25(17-23)18-27(36-26)24-12-9-22(19-31)10-13-24/h9-14,17-18H,3-8,15-16,20-21H2,1-2H3. The summed E-state index contributed by atoms with van der Waals surface area (Å²) < 4.78 is 6.65. The van der Waals surface area contributed by atoms with Crippen molar-refractivity contribution in [2.45, 2.75) is 65.3 Å². The second-order valence-corrected chi connectivity index (χ2v) is 10.8. The van der Waals surface area contributed by atoms with Gasteiger partial charge in [-0.25, -0.2) is 0 Å². The zero-order valence-corrected chi connectivity index (χ0v) is 22.0. The molecule has 0 spiro atoms. The largest absolute Gasteiger partial charge is 0.466 e. The van der Waals surface area contributed by atoms with E-state index in [0.717, 1.165) is 59.9 Å². The van der Waals surface area contributed by atoms with Gasteiger partial charge in [0.2, 0.25) is 5.91 Å². The maximum absolute atomic E-state index is 13.3. The van der Waals surface area contributed by atoms with Crippen molar-refractivity contribution in [2.24, 2.45) is 5.41 Å². The summed E-state index contributed by atoms with van der Waals surface area (Å²) in [6.45, 7) is 5.20. The Bertz CT molecular complexity index is 1250. The predicted octanol–water partition coefficient (Wildman–Crippen LogP) is 7.08. The van der Waals surface area contributed by atoms with Crippen molar-refractivity contribution >= 4 is 33.3 Å². The first kappa shape index (κ1) is 25.9. The summed E-state index contributed by atoms with van der Waals surface area (Å²) in [5.74, 6) is -0.0488. The highest BCUT2D eigenvalue weighted by atomic mass is 32.1. The van der Waals surface area contributed by atoms with Gasteiger partial charge in [-0.3, -0.25) is 9.59 Å². The molecule has 1 aromatic heterocycles. The molecule has 0 unspecified atom stereocenters. The van der Waals surface area contributed by atoms with E-state index in [-0.39, 0.29) is 11.9 Å². The van der Waals surface area contributed by atoms with Gasteiger partial charge in [0.05, 0.1) is 23.7 Å². The van der Waals surface area contributed by atoms with Gasteiger partial charge in [-0.05, 0) is 73.0 Å². The number of fused-ring (bicyclic) bond motifs is 1. The Morgan fingerprint density at radius 1 is 1.08 bits per heavy atom. The smallest absolute Gasteiger partial charge is 0.313 e. The number of unbranched alkanes of at least 4 members (excludes halogenated alkanes) is 1. The van der Waals surface area contributed by atoms with Crippen molar-refractivity contribution in [3.63, 3.8) is 0 Å². The monoisotopic (exact) mass is 502 g/mol. The highest BCUT2D eigenvalue weighted by Gasteiger charge is 2.44. The first-order valence-electron chi connectivity index (χ1n) is 13.0. The molecule has 36 heavy (non-hydrogen) atoms. The van der Waals surface area contributed by atoms with Crippen LogP contribution in [0.3, 0.4) is 0 Å². The molecule has 1 aliphatic carbocycles. The molecule has 3 aromatic rings. The lowest BCUT2D eigenvalue weighted by Crippen LogP contribution is -2.44. The molecule has 0 N–H and O–H groups in total. The number of benzene rings is 2. The number of nitrogens with zero attached hydrogens (tertiary/aromatic N) is 2. The van der Waals surface area contributed by atoms with Crippen molar-refractivity contribution in [2.75, 3.05) is 13.2 Å². The van der Waals surface area contributed by atoms with Crippen LogP contribution in [-0.2, 0) is 20.9 Å². The molecule has 5 nitrogen and oxygen atoms in total. The molecule has 0 radical (unpaired) electrons. The van der Waals surface area contributed by atoms with Gasteiger partial charge in [-0.15, -0.1) is 11.3 Å². The van der Waals surface area contributed by atoms with E-state index in [1.807, 2.05) is 36.1 Å². The van der Waals surface area contributed by atoms with E-state index in [1.54, 1.807) is 11.3 Å². The molecular formula is C30H34N2O3S. The lowest BCUT2D eigenvalue weighted by molar-refractivity contribution is -0.157. The molecule has 1 aliphatic rings. The van der Waals surface area contributed by atoms with Gasteiger partial charge < -0.3 is 9.64 Å². The van der Waals surface area contributed by atoms with E-state index in [9.17, 15) is 9.59 Å². The lowest BCUT2D eigenvalue weighted by Gasteiger charge is -2.34. The fraction of sp³-hybridized carbons (Fsp3) is 0.433.